The van der Waals surface area contributed by atoms with Crippen molar-refractivity contribution in [2.24, 2.45) is 12.9 Å². The molecule has 1 aromatic heterocycles. The first-order valence-corrected chi connectivity index (χ1v) is 7.31. The zero-order chi connectivity index (χ0) is 13.8. The van der Waals surface area contributed by atoms with E-state index in [0.717, 1.165) is 11.4 Å². The molecule has 6 heteroatoms. The fraction of sp³-hybridized carbons (Fsp3) is 0.308. The van der Waals surface area contributed by atoms with Gasteiger partial charge in [-0.15, -0.1) is 11.8 Å². The molecule has 1 atom stereocenters. The van der Waals surface area contributed by atoms with Crippen molar-refractivity contribution in [1.29, 1.82) is 0 Å². The first-order valence-electron chi connectivity index (χ1n) is 5.95. The van der Waals surface area contributed by atoms with Crippen molar-refractivity contribution >= 4 is 23.4 Å². The van der Waals surface area contributed by atoms with E-state index in [-0.39, 0.29) is 6.04 Å². The van der Waals surface area contributed by atoms with E-state index >= 15 is 0 Å². The van der Waals surface area contributed by atoms with Crippen LogP contribution in [0.3, 0.4) is 0 Å². The van der Waals surface area contributed by atoms with Crippen LogP contribution in [-0.4, -0.2) is 15.5 Å². The Balaban J connectivity index is 2.11. The molecule has 0 aliphatic carbocycles. The van der Waals surface area contributed by atoms with Gasteiger partial charge in [0.15, 0.2) is 0 Å². The number of nitrogens with zero attached hydrogens (tertiary/aromatic N) is 2. The molecule has 1 aromatic carbocycles. The Morgan fingerprint density at radius 2 is 2.21 bits per heavy atom. The molecule has 1 heterocycles. The largest absolute Gasteiger partial charge is 0.271 e. The van der Waals surface area contributed by atoms with E-state index in [4.69, 9.17) is 17.4 Å². The molecule has 3 N–H and O–H groups in total. The van der Waals surface area contributed by atoms with Crippen LogP contribution >= 0.6 is 23.4 Å². The Labute approximate surface area is 122 Å². The van der Waals surface area contributed by atoms with Crippen molar-refractivity contribution in [2.75, 3.05) is 5.75 Å². The predicted molar refractivity (Wildman–Crippen MR) is 80.2 cm³/mol. The Morgan fingerprint density at radius 1 is 1.47 bits per heavy atom. The number of thioether (sulfide) groups is 1. The summed E-state index contributed by atoms with van der Waals surface area (Å²) in [5, 5.41) is 4.77. The van der Waals surface area contributed by atoms with Crippen LogP contribution in [0, 0.1) is 6.92 Å². The molecule has 0 radical (unpaired) electrons. The summed E-state index contributed by atoms with van der Waals surface area (Å²) < 4.78 is 1.76. The minimum Gasteiger partial charge on any atom is -0.271 e. The number of aromatic nitrogens is 2. The second-order valence-electron chi connectivity index (χ2n) is 4.30. The maximum atomic E-state index is 6.14. The Morgan fingerprint density at radius 3 is 2.79 bits per heavy atom. The number of halogens is 1. The van der Waals surface area contributed by atoms with Gasteiger partial charge in [-0.2, -0.15) is 5.10 Å². The standard InChI is InChI=1S/C13H17ClN4S/c1-9-5-3-4-6-12(9)19-8-11(17-15)13-10(14)7-16-18(13)2/h3-7,11,17H,8,15H2,1-2H3. The van der Waals surface area contributed by atoms with E-state index in [1.807, 2.05) is 19.2 Å². The zero-order valence-electron chi connectivity index (χ0n) is 10.9. The van der Waals surface area contributed by atoms with E-state index in [1.54, 1.807) is 22.6 Å². The topological polar surface area (TPSA) is 55.9 Å². The number of benzene rings is 1. The lowest BCUT2D eigenvalue weighted by molar-refractivity contribution is 0.554. The molecule has 0 bridgehead atoms. The number of nitrogens with one attached hydrogen (secondary N) is 1. The van der Waals surface area contributed by atoms with Crippen molar-refractivity contribution in [2.45, 2.75) is 17.9 Å². The molecular formula is C13H17ClN4S. The number of hydrogen-bond donors (Lipinski definition) is 2. The van der Waals surface area contributed by atoms with Crippen LogP contribution in [0.2, 0.25) is 5.02 Å². The van der Waals surface area contributed by atoms with Crippen molar-refractivity contribution in [1.82, 2.24) is 15.2 Å². The fourth-order valence-electron chi connectivity index (χ4n) is 1.91. The van der Waals surface area contributed by atoms with Crippen molar-refractivity contribution in [3.8, 4) is 0 Å². The average Bonchev–Trinajstić information content (AvgIpc) is 2.73. The summed E-state index contributed by atoms with van der Waals surface area (Å²) in [7, 11) is 1.87. The van der Waals surface area contributed by atoms with Gasteiger partial charge in [-0.1, -0.05) is 29.8 Å². The summed E-state index contributed by atoms with van der Waals surface area (Å²) in [5.74, 6) is 6.43. The number of hydrazine groups is 1. The van der Waals surface area contributed by atoms with Gasteiger partial charge < -0.3 is 0 Å². The number of aryl methyl sites for hydroxylation is 2. The van der Waals surface area contributed by atoms with Crippen LogP contribution in [0.15, 0.2) is 35.4 Å². The summed E-state index contributed by atoms with van der Waals surface area (Å²) in [5.41, 5.74) is 4.98. The molecule has 19 heavy (non-hydrogen) atoms. The number of hydrogen-bond acceptors (Lipinski definition) is 4. The predicted octanol–water partition coefficient (Wildman–Crippen LogP) is 2.68. The average molecular weight is 297 g/mol. The lowest BCUT2D eigenvalue weighted by atomic mass is 10.2. The Bertz CT molecular complexity index is 536. The first kappa shape index (κ1) is 14.4. The van der Waals surface area contributed by atoms with Crippen LogP contribution in [-0.2, 0) is 7.05 Å². The third kappa shape index (κ3) is 3.30. The molecule has 0 aliphatic rings. The molecular weight excluding hydrogens is 280 g/mol. The zero-order valence-corrected chi connectivity index (χ0v) is 12.5. The van der Waals surface area contributed by atoms with Crippen LogP contribution in [0.4, 0.5) is 0 Å². The van der Waals surface area contributed by atoms with Crippen LogP contribution in [0.1, 0.15) is 17.3 Å². The molecule has 4 nitrogen and oxygen atoms in total. The van der Waals surface area contributed by atoms with Gasteiger partial charge in [0.05, 0.1) is 23.0 Å². The third-order valence-electron chi connectivity index (χ3n) is 2.97. The monoisotopic (exact) mass is 296 g/mol. The first-order chi connectivity index (χ1) is 9.13. The van der Waals surface area contributed by atoms with Gasteiger partial charge in [-0.3, -0.25) is 16.0 Å². The van der Waals surface area contributed by atoms with Gasteiger partial charge in [-0.25, -0.2) is 0 Å². The molecule has 0 saturated carbocycles. The van der Waals surface area contributed by atoms with E-state index in [1.165, 1.54) is 10.5 Å². The van der Waals surface area contributed by atoms with Gasteiger partial charge in [-0.05, 0) is 18.6 Å². The smallest absolute Gasteiger partial charge is 0.0834 e. The van der Waals surface area contributed by atoms with Crippen LogP contribution in [0.5, 0.6) is 0 Å². The summed E-state index contributed by atoms with van der Waals surface area (Å²) in [4.78, 5) is 1.25. The maximum absolute atomic E-state index is 6.14. The Hall–Kier alpha value is -1.01. The summed E-state index contributed by atoms with van der Waals surface area (Å²) in [6, 6.07) is 8.25. The highest BCUT2D eigenvalue weighted by atomic mass is 35.5. The van der Waals surface area contributed by atoms with Gasteiger partial charge in [0.25, 0.3) is 0 Å². The Kier molecular flexibility index (Phi) is 4.87. The fourth-order valence-corrected chi connectivity index (χ4v) is 3.28. The lowest BCUT2D eigenvalue weighted by Crippen LogP contribution is -2.31. The molecule has 0 aliphatic heterocycles. The highest BCUT2D eigenvalue weighted by molar-refractivity contribution is 7.99. The van der Waals surface area contributed by atoms with Gasteiger partial charge >= 0.3 is 0 Å². The quantitative estimate of drug-likeness (QED) is 0.506. The molecule has 2 aromatic rings. The van der Waals surface area contributed by atoms with E-state index < -0.39 is 0 Å². The summed E-state index contributed by atoms with van der Waals surface area (Å²) >= 11 is 7.90. The van der Waals surface area contributed by atoms with Crippen molar-refractivity contribution in [3.05, 3.63) is 46.7 Å². The SMILES string of the molecule is Cc1ccccc1SCC(NN)c1c(Cl)cnn1C. The van der Waals surface area contributed by atoms with Gasteiger partial charge in [0, 0.05) is 17.7 Å². The second-order valence-corrected chi connectivity index (χ2v) is 5.77. The summed E-state index contributed by atoms with van der Waals surface area (Å²) in [6.45, 7) is 2.10. The van der Waals surface area contributed by atoms with Crippen molar-refractivity contribution < 1.29 is 0 Å². The van der Waals surface area contributed by atoms with Crippen molar-refractivity contribution in [3.63, 3.8) is 0 Å². The molecule has 0 amide bonds. The van der Waals surface area contributed by atoms with Crippen LogP contribution < -0.4 is 11.3 Å². The molecule has 0 fully saturated rings. The maximum Gasteiger partial charge on any atom is 0.0834 e. The molecule has 1 unspecified atom stereocenters. The van der Waals surface area contributed by atoms with E-state index in [2.05, 4.69) is 29.6 Å². The van der Waals surface area contributed by atoms with E-state index in [0.29, 0.717) is 5.02 Å². The highest BCUT2D eigenvalue weighted by Crippen LogP contribution is 2.29. The lowest BCUT2D eigenvalue weighted by Gasteiger charge is -2.17. The van der Waals surface area contributed by atoms with Gasteiger partial charge in [0.2, 0.25) is 0 Å². The number of rotatable bonds is 5. The highest BCUT2D eigenvalue weighted by Gasteiger charge is 2.18. The molecule has 2 rings (SSSR count). The minimum atomic E-state index is -0.0374. The molecule has 0 spiro atoms. The summed E-state index contributed by atoms with van der Waals surface area (Å²) in [6.07, 6.45) is 1.64. The van der Waals surface area contributed by atoms with Gasteiger partial charge in [0.1, 0.15) is 0 Å². The molecule has 102 valence electrons. The third-order valence-corrected chi connectivity index (χ3v) is 4.53. The van der Waals surface area contributed by atoms with E-state index in [9.17, 15) is 0 Å². The number of nitrogens with two attached hydrogens (primary N) is 1. The second kappa shape index (κ2) is 6.43. The minimum absolute atomic E-state index is 0.0374. The normalized spacial score (nSPS) is 12.6. The van der Waals surface area contributed by atoms with Crippen LogP contribution in [0.25, 0.3) is 0 Å². The molecule has 0 saturated heterocycles.